The van der Waals surface area contributed by atoms with Crippen LogP contribution >= 0.6 is 0 Å². The summed E-state index contributed by atoms with van der Waals surface area (Å²) in [6, 6.07) is 0. The molecule has 0 aromatic heterocycles. The van der Waals surface area contributed by atoms with Crippen molar-refractivity contribution in [1.82, 2.24) is 0 Å². The smallest absolute Gasteiger partial charge is 0.192 e. The molecule has 3 aliphatic rings. The topological polar surface area (TPSA) is 55.4 Å². The molecule has 6 nitrogen and oxygen atoms in total. The SMILES string of the molecule is CC1(C)O[C@H]2[C@@H](O1)[C@@H](CO[Si](C)(C)C(C)(C)C)O[C@@H]1OC(C)(C)O[C@@H]12. The first kappa shape index (κ1) is 19.7. The first-order valence-electron chi connectivity index (χ1n) is 9.22. The van der Waals surface area contributed by atoms with Crippen molar-refractivity contribution >= 4 is 8.32 Å². The highest BCUT2D eigenvalue weighted by Crippen LogP contribution is 2.45. The van der Waals surface area contributed by atoms with Gasteiger partial charge in [-0.3, -0.25) is 0 Å². The van der Waals surface area contributed by atoms with Crippen LogP contribution in [-0.4, -0.2) is 57.2 Å². The van der Waals surface area contributed by atoms with E-state index in [-0.39, 0.29) is 29.5 Å². The van der Waals surface area contributed by atoms with Crippen LogP contribution in [0.3, 0.4) is 0 Å². The van der Waals surface area contributed by atoms with Crippen LogP contribution in [0.15, 0.2) is 0 Å². The van der Waals surface area contributed by atoms with Crippen molar-refractivity contribution in [2.24, 2.45) is 0 Å². The number of rotatable bonds is 3. The molecule has 0 aromatic carbocycles. The molecule has 0 unspecified atom stereocenters. The minimum absolute atomic E-state index is 0.144. The lowest BCUT2D eigenvalue weighted by Gasteiger charge is -2.41. The van der Waals surface area contributed by atoms with Gasteiger partial charge in [-0.05, 0) is 45.8 Å². The zero-order valence-corrected chi connectivity index (χ0v) is 18.0. The molecule has 146 valence electrons. The van der Waals surface area contributed by atoms with Gasteiger partial charge in [-0.1, -0.05) is 20.8 Å². The van der Waals surface area contributed by atoms with E-state index in [1.54, 1.807) is 0 Å². The Kier molecular flexibility index (Phi) is 4.73. The molecule has 3 heterocycles. The molecule has 3 fully saturated rings. The zero-order chi connectivity index (χ0) is 18.8. The van der Waals surface area contributed by atoms with E-state index in [4.69, 9.17) is 28.1 Å². The molecule has 3 aliphatic heterocycles. The quantitative estimate of drug-likeness (QED) is 0.706. The Hall–Kier alpha value is -0.0231. The monoisotopic (exact) mass is 374 g/mol. The van der Waals surface area contributed by atoms with Gasteiger partial charge in [0.05, 0.1) is 6.61 Å². The van der Waals surface area contributed by atoms with Crippen LogP contribution in [0.5, 0.6) is 0 Å². The molecule has 25 heavy (non-hydrogen) atoms. The van der Waals surface area contributed by atoms with E-state index < -0.39 is 26.2 Å². The summed E-state index contributed by atoms with van der Waals surface area (Å²) in [6.07, 6.45) is -1.42. The molecule has 5 atom stereocenters. The van der Waals surface area contributed by atoms with Crippen molar-refractivity contribution < 1.29 is 28.1 Å². The van der Waals surface area contributed by atoms with Crippen molar-refractivity contribution in [2.75, 3.05) is 6.61 Å². The fourth-order valence-electron chi connectivity index (χ4n) is 3.33. The van der Waals surface area contributed by atoms with Gasteiger partial charge in [-0.25, -0.2) is 0 Å². The minimum Gasteiger partial charge on any atom is -0.414 e. The summed E-state index contributed by atoms with van der Waals surface area (Å²) in [5.74, 6) is -1.36. The second-order valence-electron chi connectivity index (χ2n) is 9.78. The highest BCUT2D eigenvalue weighted by molar-refractivity contribution is 6.74. The molecule has 3 saturated heterocycles. The third kappa shape index (κ3) is 3.83. The van der Waals surface area contributed by atoms with Gasteiger partial charge < -0.3 is 28.1 Å². The summed E-state index contributed by atoms with van der Waals surface area (Å²) in [4.78, 5) is 0. The second kappa shape index (κ2) is 5.99. The molecule has 0 N–H and O–H groups in total. The summed E-state index contributed by atoms with van der Waals surface area (Å²) in [6.45, 7) is 19.3. The maximum atomic E-state index is 6.39. The zero-order valence-electron chi connectivity index (χ0n) is 17.0. The predicted molar refractivity (Wildman–Crippen MR) is 95.7 cm³/mol. The van der Waals surface area contributed by atoms with Gasteiger partial charge in [0.25, 0.3) is 0 Å². The Labute approximate surface area is 152 Å². The van der Waals surface area contributed by atoms with Crippen molar-refractivity contribution in [3.63, 3.8) is 0 Å². The highest BCUT2D eigenvalue weighted by Gasteiger charge is 2.60. The molecule has 0 saturated carbocycles. The molecule has 0 amide bonds. The van der Waals surface area contributed by atoms with Gasteiger partial charge in [0.1, 0.15) is 24.4 Å². The largest absolute Gasteiger partial charge is 0.414 e. The Morgan fingerprint density at radius 3 is 1.96 bits per heavy atom. The van der Waals surface area contributed by atoms with Gasteiger partial charge >= 0.3 is 0 Å². The van der Waals surface area contributed by atoms with Crippen LogP contribution in [0.2, 0.25) is 18.1 Å². The van der Waals surface area contributed by atoms with E-state index in [0.29, 0.717) is 6.61 Å². The van der Waals surface area contributed by atoms with Crippen molar-refractivity contribution in [1.29, 1.82) is 0 Å². The lowest BCUT2D eigenvalue weighted by atomic mass is 9.99. The maximum absolute atomic E-state index is 6.39. The molecule has 7 heteroatoms. The Balaban J connectivity index is 1.76. The van der Waals surface area contributed by atoms with Gasteiger partial charge in [0.2, 0.25) is 0 Å². The van der Waals surface area contributed by atoms with Crippen LogP contribution in [-0.2, 0) is 28.1 Å². The number of ether oxygens (including phenoxy) is 5. The molecule has 3 rings (SSSR count). The summed E-state index contributed by atoms with van der Waals surface area (Å²) < 4.78 is 36.8. The van der Waals surface area contributed by atoms with Gasteiger partial charge in [0.15, 0.2) is 26.2 Å². The molecular weight excluding hydrogens is 340 g/mol. The molecule has 0 aliphatic carbocycles. The van der Waals surface area contributed by atoms with Crippen molar-refractivity contribution in [3.05, 3.63) is 0 Å². The Bertz CT molecular complexity index is 512. The third-order valence-corrected chi connectivity index (χ3v) is 10.2. The van der Waals surface area contributed by atoms with E-state index in [1.807, 2.05) is 27.7 Å². The van der Waals surface area contributed by atoms with Crippen LogP contribution in [0.25, 0.3) is 0 Å². The lowest BCUT2D eigenvalue weighted by molar-refractivity contribution is -0.239. The van der Waals surface area contributed by atoms with Gasteiger partial charge in [-0.15, -0.1) is 0 Å². The van der Waals surface area contributed by atoms with Gasteiger partial charge in [-0.2, -0.15) is 0 Å². The standard InChI is InChI=1S/C18H34O6Si/c1-16(2,3)25(8,9)19-10-11-12-13(22-17(4,5)21-12)14-15(20-11)24-18(6,7)23-14/h11-15H,10H2,1-9H3/t11-,12+,13+,14-,15-/m1/s1. The van der Waals surface area contributed by atoms with E-state index >= 15 is 0 Å². The molecule has 0 bridgehead atoms. The second-order valence-corrected chi connectivity index (χ2v) is 14.6. The first-order valence-corrected chi connectivity index (χ1v) is 12.1. The van der Waals surface area contributed by atoms with Crippen LogP contribution < -0.4 is 0 Å². The van der Waals surface area contributed by atoms with Crippen LogP contribution in [0.1, 0.15) is 48.5 Å². The minimum atomic E-state index is -1.88. The van der Waals surface area contributed by atoms with Crippen LogP contribution in [0, 0.1) is 0 Å². The van der Waals surface area contributed by atoms with E-state index in [2.05, 4.69) is 33.9 Å². The summed E-state index contributed by atoms with van der Waals surface area (Å²) >= 11 is 0. The highest BCUT2D eigenvalue weighted by atomic mass is 28.4. The lowest BCUT2D eigenvalue weighted by Crippen LogP contribution is -2.57. The van der Waals surface area contributed by atoms with E-state index in [9.17, 15) is 0 Å². The fraction of sp³-hybridized carbons (Fsp3) is 1.00. The number of hydrogen-bond acceptors (Lipinski definition) is 6. The summed E-state index contributed by atoms with van der Waals surface area (Å²) in [5, 5.41) is 0.144. The molecular formula is C18H34O6Si. The van der Waals surface area contributed by atoms with Crippen molar-refractivity contribution in [3.8, 4) is 0 Å². The molecule has 0 spiro atoms. The normalized spacial score (nSPS) is 40.0. The summed E-state index contributed by atoms with van der Waals surface area (Å²) in [7, 11) is -1.88. The van der Waals surface area contributed by atoms with Crippen molar-refractivity contribution in [2.45, 2.75) is 109 Å². The maximum Gasteiger partial charge on any atom is 0.192 e. The van der Waals surface area contributed by atoms with Crippen LogP contribution in [0.4, 0.5) is 0 Å². The summed E-state index contributed by atoms with van der Waals surface area (Å²) in [5.41, 5.74) is 0. The van der Waals surface area contributed by atoms with E-state index in [0.717, 1.165) is 0 Å². The first-order chi connectivity index (χ1) is 11.2. The fourth-order valence-corrected chi connectivity index (χ4v) is 4.35. The molecule has 0 radical (unpaired) electrons. The molecule has 0 aromatic rings. The third-order valence-electron chi connectivity index (χ3n) is 5.67. The van der Waals surface area contributed by atoms with E-state index in [1.165, 1.54) is 0 Å². The average Bonchev–Trinajstić information content (AvgIpc) is 2.89. The number of hydrogen-bond donors (Lipinski definition) is 0. The average molecular weight is 375 g/mol. The Morgan fingerprint density at radius 1 is 0.840 bits per heavy atom. The Morgan fingerprint density at radius 2 is 1.36 bits per heavy atom. The van der Waals surface area contributed by atoms with Gasteiger partial charge in [0, 0.05) is 0 Å². The number of fused-ring (bicyclic) bond motifs is 3. The predicted octanol–water partition coefficient (Wildman–Crippen LogP) is 3.40.